The number of sulfonamides is 1. The van der Waals surface area contributed by atoms with Gasteiger partial charge in [-0.05, 0) is 68.1 Å². The number of amides is 1. The summed E-state index contributed by atoms with van der Waals surface area (Å²) in [6, 6.07) is 11.0. The molecule has 9 heteroatoms. The summed E-state index contributed by atoms with van der Waals surface area (Å²) in [6.45, 7) is 7.43. The molecule has 2 aliphatic heterocycles. The van der Waals surface area contributed by atoms with E-state index >= 15 is 0 Å². The van der Waals surface area contributed by atoms with Gasteiger partial charge in [0.05, 0.1) is 42.5 Å². The van der Waals surface area contributed by atoms with Gasteiger partial charge in [-0.1, -0.05) is 6.07 Å². The summed E-state index contributed by atoms with van der Waals surface area (Å²) >= 11 is 0. The van der Waals surface area contributed by atoms with E-state index in [-0.39, 0.29) is 23.8 Å². The molecular weight excluding hydrogens is 454 g/mol. The maximum atomic E-state index is 13.2. The lowest BCUT2D eigenvalue weighted by atomic mass is 10.1. The molecule has 2 fully saturated rings. The van der Waals surface area contributed by atoms with Crippen LogP contribution in [0.3, 0.4) is 0 Å². The molecule has 1 N–H and O–H groups in total. The molecule has 0 aliphatic carbocycles. The maximum Gasteiger partial charge on any atom is 0.243 e. The number of rotatable bonds is 8. The maximum absolute atomic E-state index is 13.2. The Kier molecular flexibility index (Phi) is 7.75. The first-order valence-electron chi connectivity index (χ1n) is 11.8. The van der Waals surface area contributed by atoms with Crippen molar-refractivity contribution in [1.82, 2.24) is 4.31 Å². The third-order valence-electron chi connectivity index (χ3n) is 6.09. The second-order valence-corrected chi connectivity index (χ2v) is 10.8. The van der Waals surface area contributed by atoms with Gasteiger partial charge in [0.15, 0.2) is 0 Å². The Morgan fingerprint density at radius 2 is 1.68 bits per heavy atom. The van der Waals surface area contributed by atoms with Crippen LogP contribution in [0.5, 0.6) is 5.75 Å². The van der Waals surface area contributed by atoms with Gasteiger partial charge in [-0.15, -0.1) is 0 Å². The van der Waals surface area contributed by atoms with Crippen LogP contribution in [0.15, 0.2) is 41.3 Å². The Morgan fingerprint density at radius 3 is 2.35 bits per heavy atom. The van der Waals surface area contributed by atoms with Crippen LogP contribution in [-0.2, 0) is 19.6 Å². The van der Waals surface area contributed by atoms with Crippen LogP contribution in [-0.4, -0.2) is 64.6 Å². The molecule has 0 saturated carbocycles. The van der Waals surface area contributed by atoms with E-state index in [0.29, 0.717) is 32.0 Å². The lowest BCUT2D eigenvalue weighted by molar-refractivity contribution is -0.116. The number of benzene rings is 2. The van der Waals surface area contributed by atoms with Crippen molar-refractivity contribution in [3.8, 4) is 5.75 Å². The van der Waals surface area contributed by atoms with Crippen molar-refractivity contribution in [3.05, 3.63) is 47.5 Å². The zero-order chi connectivity index (χ0) is 24.1. The van der Waals surface area contributed by atoms with Crippen LogP contribution in [0.2, 0.25) is 0 Å². The van der Waals surface area contributed by atoms with Crippen LogP contribution in [0, 0.1) is 13.8 Å². The van der Waals surface area contributed by atoms with Gasteiger partial charge in [-0.25, -0.2) is 8.42 Å². The fourth-order valence-electron chi connectivity index (χ4n) is 4.44. The highest BCUT2D eigenvalue weighted by Crippen LogP contribution is 2.32. The summed E-state index contributed by atoms with van der Waals surface area (Å²) in [5.74, 6) is 0.521. The molecule has 1 amide bonds. The second kappa shape index (κ2) is 10.8. The first-order valence-corrected chi connectivity index (χ1v) is 13.2. The zero-order valence-electron chi connectivity index (χ0n) is 19.9. The van der Waals surface area contributed by atoms with Gasteiger partial charge in [-0.3, -0.25) is 4.79 Å². The number of carbonyl (C=O) groups excluding carboxylic acids is 1. The van der Waals surface area contributed by atoms with E-state index in [4.69, 9.17) is 9.47 Å². The molecule has 184 valence electrons. The average molecular weight is 488 g/mol. The molecule has 0 aromatic heterocycles. The van der Waals surface area contributed by atoms with Crippen molar-refractivity contribution in [1.29, 1.82) is 0 Å². The van der Waals surface area contributed by atoms with Gasteiger partial charge in [0.2, 0.25) is 15.9 Å². The Hall–Kier alpha value is -2.62. The lowest BCUT2D eigenvalue weighted by Crippen LogP contribution is -2.40. The minimum absolute atomic E-state index is 0.160. The van der Waals surface area contributed by atoms with Crippen molar-refractivity contribution in [2.45, 2.75) is 38.0 Å². The molecule has 2 aliphatic rings. The highest BCUT2D eigenvalue weighted by atomic mass is 32.2. The molecule has 2 saturated heterocycles. The smallest absolute Gasteiger partial charge is 0.243 e. The predicted molar refractivity (Wildman–Crippen MR) is 132 cm³/mol. The Morgan fingerprint density at radius 1 is 1.00 bits per heavy atom. The van der Waals surface area contributed by atoms with Crippen LogP contribution >= 0.6 is 0 Å². The molecule has 0 radical (unpaired) electrons. The molecule has 4 rings (SSSR count). The number of carbonyl (C=O) groups is 1. The van der Waals surface area contributed by atoms with E-state index in [0.717, 1.165) is 48.5 Å². The first-order chi connectivity index (χ1) is 16.3. The molecule has 2 aromatic rings. The fraction of sp³-hybridized carbons (Fsp3) is 0.480. The summed E-state index contributed by atoms with van der Waals surface area (Å²) in [5, 5.41) is 2.94. The number of hydrogen-bond acceptors (Lipinski definition) is 6. The molecule has 0 unspecified atom stereocenters. The topological polar surface area (TPSA) is 88.2 Å². The van der Waals surface area contributed by atoms with Gasteiger partial charge in [0.25, 0.3) is 0 Å². The van der Waals surface area contributed by atoms with Crippen molar-refractivity contribution < 1.29 is 22.7 Å². The third-order valence-corrected chi connectivity index (χ3v) is 7.98. The Balaban J connectivity index is 1.48. The molecule has 0 atom stereocenters. The fourth-order valence-corrected chi connectivity index (χ4v) is 5.87. The van der Waals surface area contributed by atoms with Gasteiger partial charge in [0, 0.05) is 26.2 Å². The first kappa shape index (κ1) is 24.5. The zero-order valence-corrected chi connectivity index (χ0v) is 20.7. The average Bonchev–Trinajstić information content (AvgIpc) is 3.34. The Bertz CT molecular complexity index is 1100. The molecule has 2 aromatic carbocycles. The summed E-state index contributed by atoms with van der Waals surface area (Å²) in [7, 11) is -3.66. The highest BCUT2D eigenvalue weighted by Gasteiger charge is 2.28. The van der Waals surface area contributed by atoms with E-state index in [9.17, 15) is 13.2 Å². The van der Waals surface area contributed by atoms with Gasteiger partial charge in [0.1, 0.15) is 5.75 Å². The van der Waals surface area contributed by atoms with Crippen molar-refractivity contribution >= 4 is 27.3 Å². The van der Waals surface area contributed by atoms with Crippen molar-refractivity contribution in [2.24, 2.45) is 0 Å². The molecule has 2 heterocycles. The van der Waals surface area contributed by atoms with Gasteiger partial charge >= 0.3 is 0 Å². The number of anilines is 2. The minimum atomic E-state index is -3.66. The second-order valence-electron chi connectivity index (χ2n) is 8.86. The number of aryl methyl sites for hydroxylation is 2. The summed E-state index contributed by atoms with van der Waals surface area (Å²) in [4.78, 5) is 15.1. The highest BCUT2D eigenvalue weighted by molar-refractivity contribution is 7.89. The molecule has 0 bridgehead atoms. The Labute approximate surface area is 201 Å². The number of hydrogen-bond donors (Lipinski definition) is 1. The monoisotopic (exact) mass is 487 g/mol. The van der Waals surface area contributed by atoms with Crippen LogP contribution in [0.1, 0.15) is 30.4 Å². The normalized spacial score (nSPS) is 17.1. The van der Waals surface area contributed by atoms with E-state index in [2.05, 4.69) is 16.3 Å². The van der Waals surface area contributed by atoms with E-state index in [1.165, 1.54) is 4.31 Å². The lowest BCUT2D eigenvalue weighted by Gasteiger charge is -2.27. The van der Waals surface area contributed by atoms with E-state index in [1.54, 1.807) is 18.2 Å². The van der Waals surface area contributed by atoms with Crippen LogP contribution in [0.4, 0.5) is 11.4 Å². The quantitative estimate of drug-likeness (QED) is 0.615. The summed E-state index contributed by atoms with van der Waals surface area (Å²) in [6.07, 6.45) is 2.31. The number of nitrogens with one attached hydrogen (secondary N) is 1. The minimum Gasteiger partial charge on any atom is -0.493 e. The number of ether oxygens (including phenoxy) is 2. The standard InChI is InChI=1S/C25H33N3O5S/c1-19-15-20(2)17-21(16-19)33-12-7-25(29)26-23-18-22(5-6-24(23)27-8-3-4-9-27)34(30,31)28-10-13-32-14-11-28/h5-6,15-18H,3-4,7-14H2,1-2H3,(H,26,29). The van der Waals surface area contributed by atoms with E-state index < -0.39 is 10.0 Å². The summed E-state index contributed by atoms with van der Waals surface area (Å²) < 4.78 is 38.8. The van der Waals surface area contributed by atoms with E-state index in [1.807, 2.05) is 26.0 Å². The molecular formula is C25H33N3O5S. The SMILES string of the molecule is Cc1cc(C)cc(OCCC(=O)Nc2cc(S(=O)(=O)N3CCOCC3)ccc2N2CCCC2)c1. The number of morpholine rings is 1. The van der Waals surface area contributed by atoms with Crippen molar-refractivity contribution in [3.63, 3.8) is 0 Å². The van der Waals surface area contributed by atoms with Gasteiger partial charge < -0.3 is 19.7 Å². The molecule has 0 spiro atoms. The van der Waals surface area contributed by atoms with Crippen LogP contribution in [0.25, 0.3) is 0 Å². The predicted octanol–water partition coefficient (Wildman–Crippen LogP) is 3.33. The van der Waals surface area contributed by atoms with Crippen molar-refractivity contribution in [2.75, 3.05) is 56.2 Å². The molecule has 34 heavy (non-hydrogen) atoms. The number of nitrogens with zero attached hydrogens (tertiary/aromatic N) is 2. The summed E-state index contributed by atoms with van der Waals surface area (Å²) in [5.41, 5.74) is 3.58. The largest absolute Gasteiger partial charge is 0.493 e. The van der Waals surface area contributed by atoms with Gasteiger partial charge in [-0.2, -0.15) is 4.31 Å². The van der Waals surface area contributed by atoms with Crippen LogP contribution < -0.4 is 15.0 Å². The third kappa shape index (κ3) is 5.89. The molecule has 8 nitrogen and oxygen atoms in total.